The number of carbonyl (C=O) groups is 2. The summed E-state index contributed by atoms with van der Waals surface area (Å²) in [5, 5.41) is 20.0. The number of ketones is 1. The number of β-lactam (4-membered cyclic amide) rings is 1. The van der Waals surface area contributed by atoms with E-state index in [-0.39, 0.29) is 17.4 Å². The zero-order chi connectivity index (χ0) is 15.9. The molecule has 0 spiro atoms. The highest BCUT2D eigenvalue weighted by Gasteiger charge is 2.44. The SMILES string of the molecule is C[C@@H](O)[C@H]1C(=O)N[C@@H]1n1cc(C(=O)c2ccc(Br)cc2)nn1. The van der Waals surface area contributed by atoms with E-state index in [1.807, 2.05) is 0 Å². The molecule has 0 radical (unpaired) electrons. The minimum Gasteiger partial charge on any atom is -0.392 e. The Hall–Kier alpha value is -2.06. The summed E-state index contributed by atoms with van der Waals surface area (Å²) in [5.74, 6) is -1.08. The van der Waals surface area contributed by atoms with Crippen LogP contribution in [-0.4, -0.2) is 37.9 Å². The second kappa shape index (κ2) is 5.62. The maximum absolute atomic E-state index is 12.3. The molecule has 1 aromatic carbocycles. The van der Waals surface area contributed by atoms with Crippen LogP contribution in [0.5, 0.6) is 0 Å². The highest BCUT2D eigenvalue weighted by atomic mass is 79.9. The fraction of sp³-hybridized carbons (Fsp3) is 0.286. The summed E-state index contributed by atoms with van der Waals surface area (Å²) in [4.78, 5) is 23.8. The van der Waals surface area contributed by atoms with Crippen LogP contribution in [0.15, 0.2) is 34.9 Å². The van der Waals surface area contributed by atoms with Gasteiger partial charge in [0.25, 0.3) is 0 Å². The molecule has 1 amide bonds. The first-order chi connectivity index (χ1) is 10.5. The van der Waals surface area contributed by atoms with E-state index in [4.69, 9.17) is 0 Å². The van der Waals surface area contributed by atoms with Gasteiger partial charge in [0, 0.05) is 10.0 Å². The highest BCUT2D eigenvalue weighted by molar-refractivity contribution is 9.10. The summed E-state index contributed by atoms with van der Waals surface area (Å²) in [7, 11) is 0. The van der Waals surface area contributed by atoms with Gasteiger partial charge in [0.2, 0.25) is 11.7 Å². The number of aromatic nitrogens is 3. The Morgan fingerprint density at radius 3 is 2.68 bits per heavy atom. The third-order valence-corrected chi connectivity index (χ3v) is 4.12. The Labute approximate surface area is 134 Å². The third-order valence-electron chi connectivity index (χ3n) is 3.59. The summed E-state index contributed by atoms with van der Waals surface area (Å²) in [6.45, 7) is 1.54. The highest BCUT2D eigenvalue weighted by Crippen LogP contribution is 2.27. The van der Waals surface area contributed by atoms with Crippen LogP contribution in [0, 0.1) is 5.92 Å². The van der Waals surface area contributed by atoms with Crippen molar-refractivity contribution >= 4 is 27.6 Å². The van der Waals surface area contributed by atoms with Crippen LogP contribution in [0.3, 0.4) is 0 Å². The Morgan fingerprint density at radius 1 is 1.41 bits per heavy atom. The molecule has 1 saturated heterocycles. The quantitative estimate of drug-likeness (QED) is 0.620. The Balaban J connectivity index is 1.81. The van der Waals surface area contributed by atoms with Crippen LogP contribution in [0.25, 0.3) is 0 Å². The van der Waals surface area contributed by atoms with Gasteiger partial charge in [-0.3, -0.25) is 9.59 Å². The summed E-state index contributed by atoms with van der Waals surface area (Å²) in [6.07, 6.45) is 0.198. The summed E-state index contributed by atoms with van der Waals surface area (Å²) >= 11 is 3.31. The fourth-order valence-corrected chi connectivity index (χ4v) is 2.62. The Bertz CT molecular complexity index is 726. The zero-order valence-electron chi connectivity index (χ0n) is 11.6. The second-order valence-electron chi connectivity index (χ2n) is 5.14. The number of benzene rings is 1. The molecule has 3 atom stereocenters. The van der Waals surface area contributed by atoms with Crippen molar-refractivity contribution in [2.45, 2.75) is 19.2 Å². The number of nitrogens with zero attached hydrogens (tertiary/aromatic N) is 3. The molecule has 22 heavy (non-hydrogen) atoms. The van der Waals surface area contributed by atoms with Crippen molar-refractivity contribution < 1.29 is 14.7 Å². The van der Waals surface area contributed by atoms with E-state index < -0.39 is 18.2 Å². The number of rotatable bonds is 4. The number of hydrogen-bond acceptors (Lipinski definition) is 5. The van der Waals surface area contributed by atoms with Crippen molar-refractivity contribution in [2.24, 2.45) is 5.92 Å². The topological polar surface area (TPSA) is 97.1 Å². The third kappa shape index (κ3) is 2.55. The largest absolute Gasteiger partial charge is 0.392 e. The molecule has 1 aromatic heterocycles. The monoisotopic (exact) mass is 364 g/mol. The molecule has 0 unspecified atom stereocenters. The molecule has 2 N–H and O–H groups in total. The fourth-order valence-electron chi connectivity index (χ4n) is 2.36. The molecule has 0 aliphatic carbocycles. The van der Waals surface area contributed by atoms with Gasteiger partial charge in [-0.2, -0.15) is 0 Å². The first-order valence-corrected chi connectivity index (χ1v) is 7.47. The lowest BCUT2D eigenvalue weighted by Gasteiger charge is -2.37. The zero-order valence-corrected chi connectivity index (χ0v) is 13.2. The molecular weight excluding hydrogens is 352 g/mol. The molecule has 1 aliphatic heterocycles. The number of amides is 1. The van der Waals surface area contributed by atoms with Crippen molar-refractivity contribution in [2.75, 3.05) is 0 Å². The van der Waals surface area contributed by atoms with Crippen LogP contribution in [0.4, 0.5) is 0 Å². The van der Waals surface area contributed by atoms with Gasteiger partial charge in [0.05, 0.1) is 12.3 Å². The summed E-state index contributed by atoms with van der Waals surface area (Å²) < 4.78 is 2.27. The molecular formula is C14H13BrN4O3. The van der Waals surface area contributed by atoms with Crippen molar-refractivity contribution in [3.8, 4) is 0 Å². The van der Waals surface area contributed by atoms with Crippen LogP contribution in [-0.2, 0) is 4.79 Å². The van der Waals surface area contributed by atoms with E-state index in [1.165, 1.54) is 10.9 Å². The van der Waals surface area contributed by atoms with E-state index in [9.17, 15) is 14.7 Å². The molecule has 8 heteroatoms. The van der Waals surface area contributed by atoms with Crippen molar-refractivity contribution in [1.82, 2.24) is 20.3 Å². The molecule has 2 aromatic rings. The van der Waals surface area contributed by atoms with Gasteiger partial charge in [-0.05, 0) is 31.2 Å². The van der Waals surface area contributed by atoms with Crippen molar-refractivity contribution in [3.05, 3.63) is 46.2 Å². The van der Waals surface area contributed by atoms with Gasteiger partial charge in [-0.1, -0.05) is 21.1 Å². The number of carbonyl (C=O) groups excluding carboxylic acids is 2. The summed E-state index contributed by atoms with van der Waals surface area (Å²) in [6, 6.07) is 6.92. The molecule has 2 heterocycles. The van der Waals surface area contributed by atoms with Gasteiger partial charge < -0.3 is 10.4 Å². The van der Waals surface area contributed by atoms with Crippen LogP contribution in [0.1, 0.15) is 29.1 Å². The Kier molecular flexibility index (Phi) is 3.79. The van der Waals surface area contributed by atoms with Gasteiger partial charge in [-0.15, -0.1) is 5.10 Å². The Morgan fingerprint density at radius 2 is 2.09 bits per heavy atom. The molecule has 1 fully saturated rings. The van der Waals surface area contributed by atoms with Gasteiger partial charge in [-0.25, -0.2) is 4.68 Å². The van der Waals surface area contributed by atoms with Crippen molar-refractivity contribution in [3.63, 3.8) is 0 Å². The van der Waals surface area contributed by atoms with Gasteiger partial charge in [0.1, 0.15) is 12.1 Å². The van der Waals surface area contributed by atoms with Crippen LogP contribution < -0.4 is 5.32 Å². The molecule has 0 bridgehead atoms. The van der Waals surface area contributed by atoms with E-state index in [1.54, 1.807) is 31.2 Å². The molecule has 7 nitrogen and oxygen atoms in total. The van der Waals surface area contributed by atoms with Crippen LogP contribution >= 0.6 is 15.9 Å². The number of halogens is 1. The van der Waals surface area contributed by atoms with E-state index in [0.717, 1.165) is 4.47 Å². The first kappa shape index (κ1) is 14.9. The van der Waals surface area contributed by atoms with Crippen LogP contribution in [0.2, 0.25) is 0 Å². The molecule has 114 valence electrons. The van der Waals surface area contributed by atoms with E-state index in [2.05, 4.69) is 31.6 Å². The lowest BCUT2D eigenvalue weighted by Crippen LogP contribution is -2.58. The predicted octanol–water partition coefficient (Wildman–Crippen LogP) is 0.897. The average Bonchev–Trinajstić information content (AvgIpc) is 2.93. The number of nitrogens with one attached hydrogen (secondary N) is 1. The number of hydrogen-bond donors (Lipinski definition) is 2. The van der Waals surface area contributed by atoms with Gasteiger partial charge in [0.15, 0.2) is 5.69 Å². The van der Waals surface area contributed by atoms with Gasteiger partial charge >= 0.3 is 0 Å². The maximum Gasteiger partial charge on any atom is 0.231 e. The normalized spacial score (nSPS) is 21.9. The minimum absolute atomic E-state index is 0.188. The first-order valence-electron chi connectivity index (χ1n) is 6.68. The standard InChI is InChI=1S/C14H13BrN4O3/c1-7(20)11-13(16-14(11)22)19-6-10(17-18-19)12(21)8-2-4-9(15)5-3-8/h2-7,11,13,20H,1H3,(H,16,22)/t7-,11-,13-/m1/s1. The summed E-state index contributed by atoms with van der Waals surface area (Å²) in [5.41, 5.74) is 0.688. The van der Waals surface area contributed by atoms with E-state index >= 15 is 0 Å². The molecule has 0 saturated carbocycles. The maximum atomic E-state index is 12.3. The second-order valence-corrected chi connectivity index (χ2v) is 6.06. The number of aliphatic hydroxyl groups is 1. The lowest BCUT2D eigenvalue weighted by atomic mass is 9.92. The van der Waals surface area contributed by atoms with E-state index in [0.29, 0.717) is 5.56 Å². The predicted molar refractivity (Wildman–Crippen MR) is 79.9 cm³/mol. The minimum atomic E-state index is -0.798. The lowest BCUT2D eigenvalue weighted by molar-refractivity contribution is -0.145. The average molecular weight is 365 g/mol. The smallest absolute Gasteiger partial charge is 0.231 e. The molecule has 1 aliphatic rings. The number of aliphatic hydroxyl groups excluding tert-OH is 1. The van der Waals surface area contributed by atoms with Crippen molar-refractivity contribution in [1.29, 1.82) is 0 Å². The molecule has 3 rings (SSSR count).